The molecule has 0 aliphatic heterocycles. The maximum Gasteiger partial charge on any atom is 0.154 e. The molecule has 130 valence electrons. The molecule has 2 aliphatic carbocycles. The van der Waals surface area contributed by atoms with E-state index in [1.54, 1.807) is 0 Å². The molecule has 0 heterocycles. The number of rotatable bonds is 6. The molecule has 1 atom stereocenters. The molecule has 0 radical (unpaired) electrons. The van der Waals surface area contributed by atoms with Crippen molar-refractivity contribution in [3.05, 3.63) is 0 Å². The van der Waals surface area contributed by atoms with Gasteiger partial charge in [0.15, 0.2) is 9.84 Å². The first-order valence-corrected chi connectivity index (χ1v) is 11.2. The average molecular weight is 329 g/mol. The molecule has 0 aromatic carbocycles. The summed E-state index contributed by atoms with van der Waals surface area (Å²) in [6.07, 6.45) is 11.1. The maximum absolute atomic E-state index is 13.3. The lowest BCUT2D eigenvalue weighted by Crippen LogP contribution is -2.51. The molecule has 0 amide bonds. The van der Waals surface area contributed by atoms with Crippen LogP contribution in [0.1, 0.15) is 91.9 Å². The second-order valence-corrected chi connectivity index (χ2v) is 10.7. The Kier molecular flexibility index (Phi) is 5.68. The van der Waals surface area contributed by atoms with E-state index in [2.05, 4.69) is 20.8 Å². The molecule has 0 aromatic rings. The van der Waals surface area contributed by atoms with Gasteiger partial charge in [-0.1, -0.05) is 53.4 Å². The SMILES string of the molecule is CCCS(=O)(=O)C(C1(C)CCC(C)CC1)C1(CC)CCCC1. The third-order valence-electron chi connectivity index (χ3n) is 6.76. The van der Waals surface area contributed by atoms with E-state index < -0.39 is 9.84 Å². The van der Waals surface area contributed by atoms with Crippen LogP contribution in [0.15, 0.2) is 0 Å². The summed E-state index contributed by atoms with van der Waals surface area (Å²) in [5, 5.41) is -0.104. The molecule has 0 spiro atoms. The molecule has 1 unspecified atom stereocenters. The molecule has 2 aliphatic rings. The zero-order valence-electron chi connectivity index (χ0n) is 15.2. The van der Waals surface area contributed by atoms with Gasteiger partial charge in [-0.2, -0.15) is 0 Å². The van der Waals surface area contributed by atoms with Crippen LogP contribution in [0, 0.1) is 16.7 Å². The van der Waals surface area contributed by atoms with Crippen molar-refractivity contribution in [3.8, 4) is 0 Å². The molecule has 0 N–H and O–H groups in total. The Morgan fingerprint density at radius 3 is 2.05 bits per heavy atom. The summed E-state index contributed by atoms with van der Waals surface area (Å²) in [5.41, 5.74) is 0.0597. The second-order valence-electron chi connectivity index (χ2n) is 8.51. The highest BCUT2D eigenvalue weighted by Crippen LogP contribution is 2.56. The van der Waals surface area contributed by atoms with E-state index >= 15 is 0 Å². The first kappa shape index (κ1) is 18.3. The standard InChI is InChI=1S/C19H36O2S/c1-5-15-22(20,21)17(19(6-2)11-7-8-12-19)18(4)13-9-16(3)10-14-18/h16-17H,5-15H2,1-4H3. The topological polar surface area (TPSA) is 34.1 Å². The van der Waals surface area contributed by atoms with Gasteiger partial charge in [-0.15, -0.1) is 0 Å². The van der Waals surface area contributed by atoms with Gasteiger partial charge in [0.2, 0.25) is 0 Å². The number of hydrogen-bond donors (Lipinski definition) is 0. The predicted octanol–water partition coefficient (Wildman–Crippen LogP) is 5.37. The van der Waals surface area contributed by atoms with Crippen LogP contribution in [0.5, 0.6) is 0 Å². The van der Waals surface area contributed by atoms with Crippen molar-refractivity contribution >= 4 is 9.84 Å². The summed E-state index contributed by atoms with van der Waals surface area (Å²) in [6.45, 7) is 8.86. The molecule has 0 aromatic heterocycles. The van der Waals surface area contributed by atoms with Crippen LogP contribution >= 0.6 is 0 Å². The average Bonchev–Trinajstić information content (AvgIpc) is 2.91. The Bertz CT molecular complexity index is 452. The smallest absolute Gasteiger partial charge is 0.154 e. The molecule has 0 saturated heterocycles. The zero-order chi connectivity index (χ0) is 16.4. The van der Waals surface area contributed by atoms with E-state index in [9.17, 15) is 8.42 Å². The van der Waals surface area contributed by atoms with Crippen LogP contribution in [0.3, 0.4) is 0 Å². The summed E-state index contributed by atoms with van der Waals surface area (Å²) in [4.78, 5) is 0. The normalized spacial score (nSPS) is 33.7. The van der Waals surface area contributed by atoms with Gasteiger partial charge >= 0.3 is 0 Å². The van der Waals surface area contributed by atoms with E-state index in [4.69, 9.17) is 0 Å². The van der Waals surface area contributed by atoms with E-state index in [0.717, 1.165) is 44.4 Å². The molecule has 0 bridgehead atoms. The summed E-state index contributed by atoms with van der Waals surface area (Å²) in [6, 6.07) is 0. The lowest BCUT2D eigenvalue weighted by atomic mass is 9.62. The van der Waals surface area contributed by atoms with Gasteiger partial charge in [0.05, 0.1) is 11.0 Å². The second kappa shape index (κ2) is 6.83. The molecule has 2 nitrogen and oxygen atoms in total. The minimum absolute atomic E-state index is 0.000856. The van der Waals surface area contributed by atoms with Crippen molar-refractivity contribution in [1.82, 2.24) is 0 Å². The van der Waals surface area contributed by atoms with Crippen LogP contribution in [0.2, 0.25) is 0 Å². The van der Waals surface area contributed by atoms with E-state index in [-0.39, 0.29) is 16.1 Å². The minimum Gasteiger partial charge on any atom is -0.229 e. The van der Waals surface area contributed by atoms with Crippen molar-refractivity contribution in [1.29, 1.82) is 0 Å². The zero-order valence-corrected chi connectivity index (χ0v) is 16.0. The van der Waals surface area contributed by atoms with Gasteiger partial charge in [-0.05, 0) is 55.3 Å². The maximum atomic E-state index is 13.3. The Hall–Kier alpha value is -0.0500. The van der Waals surface area contributed by atoms with Gasteiger partial charge in [0.25, 0.3) is 0 Å². The fraction of sp³-hybridized carbons (Fsp3) is 1.00. The predicted molar refractivity (Wildman–Crippen MR) is 94.8 cm³/mol. The van der Waals surface area contributed by atoms with Crippen LogP contribution in [0.4, 0.5) is 0 Å². The fourth-order valence-electron chi connectivity index (χ4n) is 5.52. The number of hydrogen-bond acceptors (Lipinski definition) is 2. The quantitative estimate of drug-likeness (QED) is 0.657. The van der Waals surface area contributed by atoms with Crippen molar-refractivity contribution in [2.75, 3.05) is 5.75 Å². The molecule has 2 fully saturated rings. The van der Waals surface area contributed by atoms with E-state index in [0.29, 0.717) is 5.75 Å². The third-order valence-corrected chi connectivity index (χ3v) is 9.52. The van der Waals surface area contributed by atoms with Crippen molar-refractivity contribution in [2.45, 2.75) is 97.2 Å². The Balaban J connectivity index is 2.42. The number of sulfone groups is 1. The van der Waals surface area contributed by atoms with Gasteiger partial charge < -0.3 is 0 Å². The van der Waals surface area contributed by atoms with Crippen LogP contribution in [0.25, 0.3) is 0 Å². The summed E-state index contributed by atoms with van der Waals surface area (Å²) < 4.78 is 26.5. The molecule has 2 rings (SSSR count). The highest BCUT2D eigenvalue weighted by Gasteiger charge is 2.55. The summed E-state index contributed by atoms with van der Waals surface area (Å²) >= 11 is 0. The highest BCUT2D eigenvalue weighted by molar-refractivity contribution is 7.92. The summed E-state index contributed by atoms with van der Waals surface area (Å²) in [7, 11) is -3.00. The lowest BCUT2D eigenvalue weighted by molar-refractivity contribution is 0.0910. The third kappa shape index (κ3) is 3.39. The van der Waals surface area contributed by atoms with Crippen molar-refractivity contribution < 1.29 is 8.42 Å². The van der Waals surface area contributed by atoms with Gasteiger partial charge in [0, 0.05) is 0 Å². The van der Waals surface area contributed by atoms with Crippen LogP contribution in [-0.2, 0) is 9.84 Å². The summed E-state index contributed by atoms with van der Waals surface area (Å²) in [5.74, 6) is 1.15. The molecular weight excluding hydrogens is 292 g/mol. The lowest BCUT2D eigenvalue weighted by Gasteiger charge is -2.50. The largest absolute Gasteiger partial charge is 0.229 e. The monoisotopic (exact) mass is 328 g/mol. The van der Waals surface area contributed by atoms with Gasteiger partial charge in [-0.3, -0.25) is 0 Å². The van der Waals surface area contributed by atoms with Gasteiger partial charge in [-0.25, -0.2) is 8.42 Å². The highest BCUT2D eigenvalue weighted by atomic mass is 32.2. The van der Waals surface area contributed by atoms with Gasteiger partial charge in [0.1, 0.15) is 0 Å². The van der Waals surface area contributed by atoms with Crippen molar-refractivity contribution in [2.24, 2.45) is 16.7 Å². The van der Waals surface area contributed by atoms with E-state index in [1.807, 2.05) is 6.92 Å². The molecule has 2 saturated carbocycles. The van der Waals surface area contributed by atoms with E-state index in [1.165, 1.54) is 25.7 Å². The van der Waals surface area contributed by atoms with Crippen molar-refractivity contribution in [3.63, 3.8) is 0 Å². The van der Waals surface area contributed by atoms with Crippen LogP contribution < -0.4 is 0 Å². The fourth-order valence-corrected chi connectivity index (χ4v) is 8.59. The van der Waals surface area contributed by atoms with Crippen LogP contribution in [-0.4, -0.2) is 19.4 Å². The Morgan fingerprint density at radius 2 is 1.59 bits per heavy atom. The molecular formula is C19H36O2S. The first-order chi connectivity index (χ1) is 10.3. The first-order valence-electron chi connectivity index (χ1n) is 9.51. The Labute approximate surface area is 138 Å². The minimum atomic E-state index is -3.00. The Morgan fingerprint density at radius 1 is 1.05 bits per heavy atom. The molecule has 22 heavy (non-hydrogen) atoms. The molecule has 3 heteroatoms.